The molecule has 0 aliphatic carbocycles. The molecule has 4 atom stereocenters. The molecule has 0 rings (SSSR count). The maximum absolute atomic E-state index is 10.2. The first-order chi connectivity index (χ1) is 9.43. The number of rotatable bonds is 6. The summed E-state index contributed by atoms with van der Waals surface area (Å²) in [7, 11) is -21.7. The van der Waals surface area contributed by atoms with Crippen LogP contribution in [0.3, 0.4) is 0 Å². The summed E-state index contributed by atoms with van der Waals surface area (Å²) in [4.78, 5) is 59.8. The molecule has 0 aromatic carbocycles. The molecule has 14 nitrogen and oxygen atoms in total. The zero-order valence-electron chi connectivity index (χ0n) is 9.90. The number of hydrogen-bond acceptors (Lipinski definition) is 14. The van der Waals surface area contributed by atoms with E-state index in [1.54, 1.807) is 0 Å². The van der Waals surface area contributed by atoms with E-state index in [1.165, 1.54) is 0 Å². The smallest absolute Gasteiger partial charge is 0.809 e. The molecule has 0 aliphatic heterocycles. The van der Waals surface area contributed by atoms with Gasteiger partial charge in [-0.05, 0) is 15.2 Å². The molecule has 0 amide bonds. The van der Waals surface area contributed by atoms with Gasteiger partial charge in [0, 0.05) is 0 Å². The summed E-state index contributed by atoms with van der Waals surface area (Å²) >= 11 is 8.52. The third-order valence-electron chi connectivity index (χ3n) is 1.32. The summed E-state index contributed by atoms with van der Waals surface area (Å²) in [6.45, 7) is 0. The van der Waals surface area contributed by atoms with Crippen molar-refractivity contribution >= 4 is 54.1 Å². The van der Waals surface area contributed by atoms with E-state index in [0.29, 0.717) is 0 Å². The molecule has 0 fully saturated rings. The van der Waals surface area contributed by atoms with E-state index in [9.17, 15) is 47.6 Å². The molecule has 0 aromatic rings. The molecule has 4 unspecified atom stereocenters. The summed E-state index contributed by atoms with van der Waals surface area (Å²) < 4.78 is 46.2. The van der Waals surface area contributed by atoms with Gasteiger partial charge < -0.3 is 57.8 Å². The minimum atomic E-state index is -5.62. The fourth-order valence-corrected chi connectivity index (χ4v) is 4.40. The van der Waals surface area contributed by atoms with Crippen LogP contribution in [-0.4, -0.2) is 21.4 Å². The van der Waals surface area contributed by atoms with Crippen LogP contribution in [0.4, 0.5) is 0 Å². The van der Waals surface area contributed by atoms with Crippen LogP contribution in [0, 0.1) is 0 Å². The molecule has 0 spiro atoms. The second kappa shape index (κ2) is 10.8. The van der Waals surface area contributed by atoms with Crippen LogP contribution in [0.1, 0.15) is 0 Å². The Hall–Kier alpha value is 1.79. The van der Waals surface area contributed by atoms with Crippen molar-refractivity contribution in [3.63, 3.8) is 0 Å². The first-order valence-corrected chi connectivity index (χ1v) is 11.1. The third kappa shape index (κ3) is 11.2. The van der Waals surface area contributed by atoms with Gasteiger partial charge in [0.2, 0.25) is 0 Å². The van der Waals surface area contributed by atoms with Crippen molar-refractivity contribution in [1.29, 1.82) is 0 Å². The Morgan fingerprint density at radius 2 is 0.870 bits per heavy atom. The van der Waals surface area contributed by atoms with E-state index in [4.69, 9.17) is 10.2 Å². The Bertz CT molecular complexity index is 491. The van der Waals surface area contributed by atoms with Gasteiger partial charge in [-0.25, -0.2) is 8.15 Å². The molecule has 0 heterocycles. The zero-order valence-corrected chi connectivity index (χ0v) is 17.0. The topological polar surface area (TPSA) is 266 Å². The molecule has 0 bridgehead atoms. The van der Waals surface area contributed by atoms with Crippen LogP contribution in [-0.2, 0) is 47.5 Å². The average molecular weight is 543 g/mol. The van der Waals surface area contributed by atoms with Gasteiger partial charge >= 0.3 is 21.1 Å². The minimum Gasteiger partial charge on any atom is -0.809 e. The van der Waals surface area contributed by atoms with Gasteiger partial charge in [0.1, 0.15) is 11.2 Å². The van der Waals surface area contributed by atoms with Gasteiger partial charge in [0.25, 0.3) is 0 Å². The molecule has 0 saturated heterocycles. The molecule has 21 heteroatoms. The van der Waals surface area contributed by atoms with Crippen LogP contribution in [0.2, 0.25) is 0 Å². The van der Waals surface area contributed by atoms with E-state index in [-0.39, 0.29) is 21.1 Å². The molecule has 0 aromatic heterocycles. The first kappa shape index (κ1) is 29.5. The van der Waals surface area contributed by atoms with Crippen LogP contribution in [0.5, 0.6) is 0 Å². The SMILES string of the molecule is O=P([O-])([O-])C(O)P(=O)([O-])OCl.O=P([O-])([O-])C(O)P(=O)([O-])OCl.[Mo+6]. The third-order valence-corrected chi connectivity index (χ3v) is 8.52. The van der Waals surface area contributed by atoms with Crippen molar-refractivity contribution in [2.45, 2.75) is 11.2 Å². The minimum absolute atomic E-state index is 0. The summed E-state index contributed by atoms with van der Waals surface area (Å²) in [5.74, 6) is 0. The number of aliphatic hydroxyl groups excluding tert-OH is 2. The van der Waals surface area contributed by atoms with Gasteiger partial charge in [0.05, 0.1) is 23.7 Å². The first-order valence-electron chi connectivity index (χ1n) is 4.05. The predicted molar refractivity (Wildman–Crippen MR) is 56.3 cm³/mol. The van der Waals surface area contributed by atoms with Gasteiger partial charge in [0.15, 0.2) is 15.2 Å². The van der Waals surface area contributed by atoms with E-state index in [2.05, 4.69) is 31.9 Å². The van der Waals surface area contributed by atoms with Gasteiger partial charge in [-0.2, -0.15) is 0 Å². The Labute approximate surface area is 152 Å². The number of aliphatic hydroxyl groups is 2. The molecule has 136 valence electrons. The van der Waals surface area contributed by atoms with Gasteiger partial charge in [-0.1, -0.05) is 0 Å². The fraction of sp³-hybridized carbons (Fsp3) is 1.00. The second-order valence-electron chi connectivity index (χ2n) is 2.99. The number of halogens is 2. The van der Waals surface area contributed by atoms with Crippen molar-refractivity contribution in [3.05, 3.63) is 0 Å². The Morgan fingerprint density at radius 1 is 0.696 bits per heavy atom. The van der Waals surface area contributed by atoms with Crippen LogP contribution >= 0.6 is 54.1 Å². The monoisotopic (exact) mass is 544 g/mol. The second-order valence-corrected chi connectivity index (χ2v) is 11.2. The van der Waals surface area contributed by atoms with Crippen molar-refractivity contribution in [2.75, 3.05) is 0 Å². The summed E-state index contributed by atoms with van der Waals surface area (Å²) in [5.41, 5.74) is -6.26. The molecule has 0 aliphatic rings. The summed E-state index contributed by atoms with van der Waals surface area (Å²) in [6, 6.07) is 0. The van der Waals surface area contributed by atoms with Gasteiger partial charge in [-0.3, -0.25) is 0 Å². The van der Waals surface area contributed by atoms with E-state index in [1.807, 2.05) is 0 Å². The van der Waals surface area contributed by atoms with Gasteiger partial charge in [-0.15, -0.1) is 0 Å². The van der Waals surface area contributed by atoms with Crippen molar-refractivity contribution in [2.24, 2.45) is 0 Å². The maximum atomic E-state index is 10.2. The van der Waals surface area contributed by atoms with E-state index in [0.717, 1.165) is 0 Å². The van der Waals surface area contributed by atoms with Crippen molar-refractivity contribution in [1.82, 2.24) is 0 Å². The zero-order chi connectivity index (χ0) is 18.6. The summed E-state index contributed by atoms with van der Waals surface area (Å²) in [6.07, 6.45) is 0. The van der Waals surface area contributed by atoms with Crippen molar-refractivity contribution < 1.29 is 87.1 Å². The Kier molecular flexibility index (Phi) is 13.9. The quantitative estimate of drug-likeness (QED) is 0.238. The van der Waals surface area contributed by atoms with Crippen LogP contribution in [0.15, 0.2) is 0 Å². The summed E-state index contributed by atoms with van der Waals surface area (Å²) in [5, 5.41) is 16.5. The molecule has 2 N–H and O–H groups in total. The number of hydrogen-bond donors (Lipinski definition) is 2. The average Bonchev–Trinajstić information content (AvgIpc) is 2.35. The fourth-order valence-electron chi connectivity index (χ4n) is 0.418. The van der Waals surface area contributed by atoms with E-state index < -0.39 is 41.6 Å². The Balaban J connectivity index is -0.000000333. The predicted octanol–water partition coefficient (Wildman–Crippen LogP) is -4.20. The van der Waals surface area contributed by atoms with Crippen LogP contribution in [0.25, 0.3) is 0 Å². The van der Waals surface area contributed by atoms with E-state index >= 15 is 0 Å². The molecule has 0 saturated carbocycles. The standard InChI is InChI=1S/2CH5ClO7P2.Mo/c2*2-9-11(7,8)1(3)10(4,5)6;/h2*1,3H,(H,7,8)(H2,4,5,6);/q;;+6/p-6. The largest absolute Gasteiger partial charge is 6.00 e. The molecular formula is C2H4Cl2MoO14P4. The maximum Gasteiger partial charge on any atom is 6.00 e. The van der Waals surface area contributed by atoms with Crippen molar-refractivity contribution in [3.8, 4) is 0 Å². The molecule has 23 heavy (non-hydrogen) atoms. The normalized spacial score (nSPS) is 19.9. The molecule has 0 radical (unpaired) electrons. The molecular weight excluding hydrogens is 539 g/mol. The Morgan fingerprint density at radius 3 is 0.913 bits per heavy atom. The van der Waals surface area contributed by atoms with Crippen LogP contribution < -0.4 is 29.4 Å².